The first kappa shape index (κ1) is 25.9. The molecule has 0 aliphatic heterocycles. The zero-order valence-electron chi connectivity index (χ0n) is 19.6. The second kappa shape index (κ2) is 11.3. The molecule has 4 aromatic rings. The van der Waals surface area contributed by atoms with Gasteiger partial charge in [0, 0.05) is 13.2 Å². The summed E-state index contributed by atoms with van der Waals surface area (Å²) >= 11 is 5.74. The molecular formula is C26H22ClN3O6S. The molecule has 0 saturated heterocycles. The maximum atomic E-state index is 13.1. The fourth-order valence-electron chi connectivity index (χ4n) is 3.34. The van der Waals surface area contributed by atoms with E-state index in [-0.39, 0.29) is 10.7 Å². The highest BCUT2D eigenvalue weighted by molar-refractivity contribution is 7.92. The molecule has 0 fully saturated rings. The smallest absolute Gasteiger partial charge is 0.344 e. The maximum absolute atomic E-state index is 13.1. The largest absolute Gasteiger partial charge is 0.482 e. The SMILES string of the molecule is CN(c1ccc(OCC(=O)OCC(=O)Nc2ccc(Cl)cn2)cc1)S(=O)(=O)c1ccc2ccccc2c1. The molecule has 1 aromatic heterocycles. The molecule has 0 bridgehead atoms. The Morgan fingerprint density at radius 2 is 1.68 bits per heavy atom. The van der Waals surface area contributed by atoms with Crippen molar-refractivity contribution in [2.45, 2.75) is 4.90 Å². The Hall–Kier alpha value is -4.15. The first-order chi connectivity index (χ1) is 17.7. The van der Waals surface area contributed by atoms with Crippen molar-refractivity contribution in [2.75, 3.05) is 29.9 Å². The monoisotopic (exact) mass is 539 g/mol. The molecule has 0 saturated carbocycles. The Bertz CT molecular complexity index is 1530. The number of esters is 1. The lowest BCUT2D eigenvalue weighted by molar-refractivity contribution is -0.149. The van der Waals surface area contributed by atoms with Crippen LogP contribution < -0.4 is 14.4 Å². The number of carbonyl (C=O) groups is 2. The Kier molecular flexibility index (Phi) is 7.90. The number of halogens is 1. The molecule has 4 rings (SSSR count). The molecule has 190 valence electrons. The van der Waals surface area contributed by atoms with Crippen LogP contribution in [-0.2, 0) is 24.3 Å². The van der Waals surface area contributed by atoms with E-state index in [1.54, 1.807) is 36.4 Å². The van der Waals surface area contributed by atoms with E-state index in [1.165, 1.54) is 35.7 Å². The number of aromatic nitrogens is 1. The third-order valence-electron chi connectivity index (χ3n) is 5.30. The highest BCUT2D eigenvalue weighted by atomic mass is 35.5. The molecule has 0 spiro atoms. The quantitative estimate of drug-likeness (QED) is 0.316. The molecule has 9 nitrogen and oxygen atoms in total. The Morgan fingerprint density at radius 1 is 0.946 bits per heavy atom. The summed E-state index contributed by atoms with van der Waals surface area (Å²) in [4.78, 5) is 27.9. The zero-order chi connectivity index (χ0) is 26.4. The molecular weight excluding hydrogens is 518 g/mol. The lowest BCUT2D eigenvalue weighted by atomic mass is 10.1. The predicted molar refractivity (Wildman–Crippen MR) is 140 cm³/mol. The highest BCUT2D eigenvalue weighted by Gasteiger charge is 2.21. The number of rotatable bonds is 9. The molecule has 0 aliphatic rings. The van der Waals surface area contributed by atoms with Crippen molar-refractivity contribution >= 4 is 55.8 Å². The minimum absolute atomic E-state index is 0.174. The fraction of sp³-hybridized carbons (Fsp3) is 0.115. The van der Waals surface area contributed by atoms with Crippen LogP contribution in [0.2, 0.25) is 5.02 Å². The van der Waals surface area contributed by atoms with Crippen LogP contribution in [-0.4, -0.2) is 45.5 Å². The third kappa shape index (κ3) is 6.54. The standard InChI is InChI=1S/C26H22ClN3O6S/c1-30(37(33,34)23-12-6-18-4-2-3-5-19(18)14-23)21-8-10-22(11-9-21)35-17-26(32)36-16-25(31)29-24-13-7-20(27)15-28-24/h2-15H,16-17H2,1H3,(H,28,29,31). The summed E-state index contributed by atoms with van der Waals surface area (Å²) in [6.45, 7) is -0.945. The van der Waals surface area contributed by atoms with E-state index in [0.29, 0.717) is 16.5 Å². The fourth-order valence-corrected chi connectivity index (χ4v) is 4.68. The summed E-state index contributed by atoms with van der Waals surface area (Å²) < 4.78 is 37.7. The van der Waals surface area contributed by atoms with Crippen molar-refractivity contribution < 1.29 is 27.5 Å². The highest BCUT2D eigenvalue weighted by Crippen LogP contribution is 2.26. The number of nitrogens with one attached hydrogen (secondary N) is 1. The number of amides is 1. The van der Waals surface area contributed by atoms with Crippen LogP contribution in [0.5, 0.6) is 5.75 Å². The van der Waals surface area contributed by atoms with Gasteiger partial charge < -0.3 is 14.8 Å². The van der Waals surface area contributed by atoms with Gasteiger partial charge in [-0.05, 0) is 59.3 Å². The molecule has 0 radical (unpaired) electrons. The average Bonchev–Trinajstić information content (AvgIpc) is 2.91. The molecule has 11 heteroatoms. The number of sulfonamides is 1. The van der Waals surface area contributed by atoms with Crippen molar-refractivity contribution in [3.63, 3.8) is 0 Å². The van der Waals surface area contributed by atoms with E-state index in [9.17, 15) is 18.0 Å². The number of carbonyl (C=O) groups excluding carboxylic acids is 2. The van der Waals surface area contributed by atoms with Crippen LogP contribution in [0, 0.1) is 0 Å². The zero-order valence-corrected chi connectivity index (χ0v) is 21.2. The first-order valence-corrected chi connectivity index (χ1v) is 12.8. The van der Waals surface area contributed by atoms with Crippen molar-refractivity contribution in [1.82, 2.24) is 4.98 Å². The van der Waals surface area contributed by atoms with Gasteiger partial charge in [0.2, 0.25) is 0 Å². The third-order valence-corrected chi connectivity index (χ3v) is 7.30. The molecule has 0 unspecified atom stereocenters. The second-order valence-corrected chi connectivity index (χ2v) is 10.2. The van der Waals surface area contributed by atoms with Gasteiger partial charge in [-0.2, -0.15) is 0 Å². The van der Waals surface area contributed by atoms with Gasteiger partial charge in [-0.25, -0.2) is 18.2 Å². The molecule has 0 atom stereocenters. The number of benzene rings is 3. The van der Waals surface area contributed by atoms with Crippen molar-refractivity contribution in [3.8, 4) is 5.75 Å². The summed E-state index contributed by atoms with van der Waals surface area (Å²) in [5, 5.41) is 4.66. The van der Waals surface area contributed by atoms with Crippen LogP contribution in [0.3, 0.4) is 0 Å². The van der Waals surface area contributed by atoms with Gasteiger partial charge in [-0.3, -0.25) is 9.10 Å². The molecule has 1 amide bonds. The first-order valence-electron chi connectivity index (χ1n) is 11.0. The van der Waals surface area contributed by atoms with Crippen LogP contribution in [0.15, 0.2) is 90.0 Å². The Balaban J connectivity index is 1.29. The lowest BCUT2D eigenvalue weighted by Crippen LogP contribution is -2.26. The molecule has 1 N–H and O–H groups in total. The van der Waals surface area contributed by atoms with Gasteiger partial charge in [0.05, 0.1) is 15.6 Å². The van der Waals surface area contributed by atoms with Gasteiger partial charge in [0.25, 0.3) is 15.9 Å². The van der Waals surface area contributed by atoms with Crippen LogP contribution >= 0.6 is 11.6 Å². The van der Waals surface area contributed by atoms with Crippen LogP contribution in [0.4, 0.5) is 11.5 Å². The molecule has 1 heterocycles. The number of anilines is 2. The summed E-state index contributed by atoms with van der Waals surface area (Å²) in [5.74, 6) is -0.719. The second-order valence-electron chi connectivity index (χ2n) is 7.83. The minimum atomic E-state index is -3.79. The van der Waals surface area contributed by atoms with Gasteiger partial charge >= 0.3 is 5.97 Å². The van der Waals surface area contributed by atoms with Crippen LogP contribution in [0.25, 0.3) is 10.8 Å². The summed E-state index contributed by atoms with van der Waals surface area (Å²) in [6.07, 6.45) is 1.37. The maximum Gasteiger partial charge on any atom is 0.344 e. The van der Waals surface area contributed by atoms with E-state index >= 15 is 0 Å². The lowest BCUT2D eigenvalue weighted by Gasteiger charge is -2.20. The molecule has 3 aromatic carbocycles. The van der Waals surface area contributed by atoms with E-state index < -0.39 is 35.1 Å². The van der Waals surface area contributed by atoms with Crippen LogP contribution in [0.1, 0.15) is 0 Å². The summed E-state index contributed by atoms with van der Waals surface area (Å²) in [7, 11) is -2.33. The normalized spacial score (nSPS) is 11.1. The number of nitrogens with zero attached hydrogens (tertiary/aromatic N) is 2. The minimum Gasteiger partial charge on any atom is -0.482 e. The van der Waals surface area contributed by atoms with E-state index in [1.807, 2.05) is 24.3 Å². The van der Waals surface area contributed by atoms with Gasteiger partial charge in [0.15, 0.2) is 13.2 Å². The summed E-state index contributed by atoms with van der Waals surface area (Å²) in [6, 6.07) is 21.8. The van der Waals surface area contributed by atoms with E-state index in [2.05, 4.69) is 10.3 Å². The number of hydrogen-bond acceptors (Lipinski definition) is 7. The molecule has 0 aliphatic carbocycles. The van der Waals surface area contributed by atoms with Crippen molar-refractivity contribution in [3.05, 3.63) is 90.1 Å². The van der Waals surface area contributed by atoms with E-state index in [0.717, 1.165) is 10.8 Å². The number of ether oxygens (including phenoxy) is 2. The predicted octanol–water partition coefficient (Wildman–Crippen LogP) is 4.27. The van der Waals surface area contributed by atoms with E-state index in [4.69, 9.17) is 21.1 Å². The number of fused-ring (bicyclic) bond motifs is 1. The summed E-state index contributed by atoms with van der Waals surface area (Å²) in [5.41, 5.74) is 0.413. The van der Waals surface area contributed by atoms with Crippen molar-refractivity contribution in [1.29, 1.82) is 0 Å². The topological polar surface area (TPSA) is 115 Å². The number of hydrogen-bond donors (Lipinski definition) is 1. The number of pyridine rings is 1. The van der Waals surface area contributed by atoms with Gasteiger partial charge in [0.1, 0.15) is 11.6 Å². The van der Waals surface area contributed by atoms with Gasteiger partial charge in [-0.1, -0.05) is 41.9 Å². The van der Waals surface area contributed by atoms with Crippen molar-refractivity contribution in [2.24, 2.45) is 0 Å². The average molecular weight is 540 g/mol. The van der Waals surface area contributed by atoms with Gasteiger partial charge in [-0.15, -0.1) is 0 Å². The molecule has 37 heavy (non-hydrogen) atoms. The Labute approximate surface area is 218 Å². The Morgan fingerprint density at radius 3 is 2.38 bits per heavy atom.